The summed E-state index contributed by atoms with van der Waals surface area (Å²) < 4.78 is 32.2. The van der Waals surface area contributed by atoms with Gasteiger partial charge in [0.2, 0.25) is 0 Å². The molecule has 0 unspecified atom stereocenters. The molecule has 1 aromatic carbocycles. The number of rotatable bonds is 6. The monoisotopic (exact) mass is 295 g/mol. The fourth-order valence-corrected chi connectivity index (χ4v) is 3.47. The van der Waals surface area contributed by atoms with E-state index in [0.717, 1.165) is 0 Å². The highest BCUT2D eigenvalue weighted by Crippen LogP contribution is 2.23. The standard InChI is InChI=1S/C13H13NO3S2/c1-2-8-17-12-6-3-5-11(10-12)14-19(15,16)13-7-4-9-18-13/h2-7,9-10,14H,1,8H2. The lowest BCUT2D eigenvalue weighted by Crippen LogP contribution is -2.11. The van der Waals surface area contributed by atoms with Crippen LogP contribution in [-0.2, 0) is 10.0 Å². The molecule has 100 valence electrons. The van der Waals surface area contributed by atoms with E-state index in [0.29, 0.717) is 18.0 Å². The van der Waals surface area contributed by atoms with Gasteiger partial charge in [0.1, 0.15) is 16.6 Å². The zero-order chi connectivity index (χ0) is 13.7. The first kappa shape index (κ1) is 13.6. The summed E-state index contributed by atoms with van der Waals surface area (Å²) in [5.41, 5.74) is 0.468. The molecule has 0 radical (unpaired) electrons. The van der Waals surface area contributed by atoms with Crippen molar-refractivity contribution in [3.05, 3.63) is 54.4 Å². The first-order chi connectivity index (χ1) is 9.12. The van der Waals surface area contributed by atoms with Gasteiger partial charge in [-0.1, -0.05) is 24.8 Å². The Bertz CT molecular complexity index is 648. The molecule has 0 atom stereocenters. The highest BCUT2D eigenvalue weighted by Gasteiger charge is 2.15. The van der Waals surface area contributed by atoms with Gasteiger partial charge in [0.15, 0.2) is 0 Å². The van der Waals surface area contributed by atoms with Crippen LogP contribution < -0.4 is 9.46 Å². The van der Waals surface area contributed by atoms with Gasteiger partial charge in [-0.3, -0.25) is 4.72 Å². The van der Waals surface area contributed by atoms with Gasteiger partial charge in [0, 0.05) is 6.07 Å². The smallest absolute Gasteiger partial charge is 0.271 e. The third-order valence-electron chi connectivity index (χ3n) is 2.21. The van der Waals surface area contributed by atoms with Crippen molar-refractivity contribution in [2.45, 2.75) is 4.21 Å². The second kappa shape index (κ2) is 5.90. The molecule has 19 heavy (non-hydrogen) atoms. The number of thiophene rings is 1. The second-order valence-electron chi connectivity index (χ2n) is 3.67. The van der Waals surface area contributed by atoms with Crippen LogP contribution in [0.4, 0.5) is 5.69 Å². The largest absolute Gasteiger partial charge is 0.489 e. The van der Waals surface area contributed by atoms with E-state index in [4.69, 9.17) is 4.74 Å². The third-order valence-corrected chi connectivity index (χ3v) is 4.99. The molecule has 0 fully saturated rings. The number of ether oxygens (including phenoxy) is 1. The molecule has 1 aromatic heterocycles. The normalized spacial score (nSPS) is 10.9. The van der Waals surface area contributed by atoms with Crippen molar-refractivity contribution < 1.29 is 13.2 Å². The van der Waals surface area contributed by atoms with Gasteiger partial charge in [-0.2, -0.15) is 0 Å². The molecule has 0 saturated heterocycles. The van der Waals surface area contributed by atoms with E-state index in [-0.39, 0.29) is 4.21 Å². The maximum atomic E-state index is 12.0. The summed E-state index contributed by atoms with van der Waals surface area (Å²) >= 11 is 1.17. The Balaban J connectivity index is 2.17. The van der Waals surface area contributed by atoms with Crippen LogP contribution in [0.1, 0.15) is 0 Å². The fourth-order valence-electron chi connectivity index (χ4n) is 1.43. The molecule has 0 spiro atoms. The number of anilines is 1. The highest BCUT2D eigenvalue weighted by molar-refractivity contribution is 7.94. The minimum Gasteiger partial charge on any atom is -0.489 e. The lowest BCUT2D eigenvalue weighted by Gasteiger charge is -2.08. The maximum absolute atomic E-state index is 12.0. The molecule has 6 heteroatoms. The quantitative estimate of drug-likeness (QED) is 0.833. The summed E-state index contributed by atoms with van der Waals surface area (Å²) in [4.78, 5) is 0. The van der Waals surface area contributed by atoms with E-state index in [1.165, 1.54) is 11.3 Å². The van der Waals surface area contributed by atoms with Crippen molar-refractivity contribution in [1.29, 1.82) is 0 Å². The summed E-state index contributed by atoms with van der Waals surface area (Å²) in [6.07, 6.45) is 1.63. The second-order valence-corrected chi connectivity index (χ2v) is 6.52. The summed E-state index contributed by atoms with van der Waals surface area (Å²) in [6.45, 7) is 3.93. The Hall–Kier alpha value is -1.79. The lowest BCUT2D eigenvalue weighted by molar-refractivity contribution is 0.363. The van der Waals surface area contributed by atoms with Gasteiger partial charge in [-0.25, -0.2) is 8.42 Å². The summed E-state index contributed by atoms with van der Waals surface area (Å²) in [5, 5.41) is 1.72. The van der Waals surface area contributed by atoms with Crippen molar-refractivity contribution in [3.63, 3.8) is 0 Å². The SMILES string of the molecule is C=CCOc1cccc(NS(=O)(=O)c2cccs2)c1. The zero-order valence-electron chi connectivity index (χ0n) is 10.1. The van der Waals surface area contributed by atoms with Crippen LogP contribution in [0.5, 0.6) is 5.75 Å². The minimum atomic E-state index is -3.51. The van der Waals surface area contributed by atoms with Gasteiger partial charge in [-0.05, 0) is 23.6 Å². The maximum Gasteiger partial charge on any atom is 0.271 e. The average molecular weight is 295 g/mol. The van der Waals surface area contributed by atoms with E-state index in [1.807, 2.05) is 0 Å². The molecule has 4 nitrogen and oxygen atoms in total. The van der Waals surface area contributed by atoms with Crippen LogP contribution in [0.2, 0.25) is 0 Å². The van der Waals surface area contributed by atoms with Crippen LogP contribution in [0.25, 0.3) is 0 Å². The van der Waals surface area contributed by atoms with Crippen molar-refractivity contribution in [1.82, 2.24) is 0 Å². The molecule has 0 aliphatic rings. The first-order valence-electron chi connectivity index (χ1n) is 5.52. The third kappa shape index (κ3) is 3.59. The number of nitrogens with one attached hydrogen (secondary N) is 1. The molecular weight excluding hydrogens is 282 g/mol. The van der Waals surface area contributed by atoms with Crippen LogP contribution in [0.3, 0.4) is 0 Å². The number of hydrogen-bond acceptors (Lipinski definition) is 4. The highest BCUT2D eigenvalue weighted by atomic mass is 32.2. The molecule has 1 N–H and O–H groups in total. The molecule has 0 bridgehead atoms. The van der Waals surface area contributed by atoms with Crippen LogP contribution in [0, 0.1) is 0 Å². The molecule has 0 aliphatic heterocycles. The average Bonchev–Trinajstić information content (AvgIpc) is 2.91. The van der Waals surface area contributed by atoms with E-state index < -0.39 is 10.0 Å². The van der Waals surface area contributed by atoms with Gasteiger partial charge < -0.3 is 4.74 Å². The topological polar surface area (TPSA) is 55.4 Å². The molecule has 0 saturated carbocycles. The Labute approximate surface area is 116 Å². The predicted octanol–water partition coefficient (Wildman–Crippen LogP) is 3.11. The Morgan fingerprint density at radius 3 is 2.84 bits per heavy atom. The number of benzene rings is 1. The van der Waals surface area contributed by atoms with Crippen molar-refractivity contribution in [3.8, 4) is 5.75 Å². The Morgan fingerprint density at radius 1 is 1.32 bits per heavy atom. The summed E-state index contributed by atoms with van der Waals surface area (Å²) in [7, 11) is -3.51. The lowest BCUT2D eigenvalue weighted by atomic mass is 10.3. The van der Waals surface area contributed by atoms with Crippen LogP contribution >= 0.6 is 11.3 Å². The predicted molar refractivity (Wildman–Crippen MR) is 77.3 cm³/mol. The van der Waals surface area contributed by atoms with E-state index in [2.05, 4.69) is 11.3 Å². The van der Waals surface area contributed by atoms with Gasteiger partial charge in [-0.15, -0.1) is 11.3 Å². The summed E-state index contributed by atoms with van der Waals surface area (Å²) in [6, 6.07) is 10.0. The molecule has 0 amide bonds. The zero-order valence-corrected chi connectivity index (χ0v) is 11.7. The van der Waals surface area contributed by atoms with Crippen LogP contribution in [0.15, 0.2) is 58.6 Å². The summed E-state index contributed by atoms with van der Waals surface area (Å²) in [5.74, 6) is 0.589. The van der Waals surface area contributed by atoms with Crippen molar-refractivity contribution in [2.75, 3.05) is 11.3 Å². The van der Waals surface area contributed by atoms with Crippen molar-refractivity contribution in [2.24, 2.45) is 0 Å². The van der Waals surface area contributed by atoms with Crippen molar-refractivity contribution >= 4 is 27.0 Å². The Kier molecular flexibility index (Phi) is 4.24. The fraction of sp³-hybridized carbons (Fsp3) is 0.0769. The molecule has 2 rings (SSSR count). The molecule has 2 aromatic rings. The van der Waals surface area contributed by atoms with E-state index in [1.54, 1.807) is 47.9 Å². The first-order valence-corrected chi connectivity index (χ1v) is 7.88. The Morgan fingerprint density at radius 2 is 2.16 bits per heavy atom. The van der Waals surface area contributed by atoms with E-state index in [9.17, 15) is 8.42 Å². The van der Waals surface area contributed by atoms with Gasteiger partial charge in [0.05, 0.1) is 5.69 Å². The minimum absolute atomic E-state index is 0.282. The van der Waals surface area contributed by atoms with Gasteiger partial charge >= 0.3 is 0 Å². The van der Waals surface area contributed by atoms with E-state index >= 15 is 0 Å². The van der Waals surface area contributed by atoms with Gasteiger partial charge in [0.25, 0.3) is 10.0 Å². The molecular formula is C13H13NO3S2. The number of sulfonamides is 1. The van der Waals surface area contributed by atoms with Crippen LogP contribution in [-0.4, -0.2) is 15.0 Å². The molecule has 1 heterocycles. The molecule has 0 aliphatic carbocycles. The number of hydrogen-bond donors (Lipinski definition) is 1.